The number of nitrogens with zero attached hydrogens (tertiary/aromatic N) is 2. The van der Waals surface area contributed by atoms with Crippen LogP contribution in [0.4, 0.5) is 13.2 Å². The highest BCUT2D eigenvalue weighted by atomic mass is 32.2. The van der Waals surface area contributed by atoms with Crippen LogP contribution in [0, 0.1) is 13.8 Å². The van der Waals surface area contributed by atoms with Gasteiger partial charge in [0.15, 0.2) is 11.8 Å². The van der Waals surface area contributed by atoms with E-state index < -0.39 is 12.8 Å². The zero-order valence-electron chi connectivity index (χ0n) is 13.6. The van der Waals surface area contributed by atoms with Gasteiger partial charge in [-0.2, -0.15) is 13.2 Å². The van der Waals surface area contributed by atoms with Crippen molar-refractivity contribution in [2.75, 3.05) is 6.61 Å². The van der Waals surface area contributed by atoms with E-state index in [0.717, 1.165) is 27.3 Å². The summed E-state index contributed by atoms with van der Waals surface area (Å²) in [5.74, 6) is 0.678. The molecule has 3 aromatic rings. The largest absolute Gasteiger partial charge is 0.482 e. The van der Waals surface area contributed by atoms with Crippen LogP contribution in [0.15, 0.2) is 35.7 Å². The molecule has 0 spiro atoms. The Hall–Kier alpha value is -2.22. The fourth-order valence-electron chi connectivity index (χ4n) is 2.36. The number of aryl methyl sites for hydroxylation is 1. The van der Waals surface area contributed by atoms with Crippen LogP contribution in [0.25, 0.3) is 11.0 Å². The van der Waals surface area contributed by atoms with Crippen LogP contribution < -0.4 is 4.74 Å². The van der Waals surface area contributed by atoms with E-state index in [1.165, 1.54) is 18.0 Å². The van der Waals surface area contributed by atoms with Crippen LogP contribution in [0.3, 0.4) is 0 Å². The predicted molar refractivity (Wildman–Crippen MR) is 90.9 cm³/mol. The van der Waals surface area contributed by atoms with Gasteiger partial charge in [-0.1, -0.05) is 23.9 Å². The van der Waals surface area contributed by atoms with Gasteiger partial charge in [0.2, 0.25) is 0 Å². The molecule has 25 heavy (non-hydrogen) atoms. The van der Waals surface area contributed by atoms with Crippen molar-refractivity contribution in [2.24, 2.45) is 0 Å². The molecule has 0 unspecified atom stereocenters. The fourth-order valence-corrected chi connectivity index (χ4v) is 3.29. The van der Waals surface area contributed by atoms with Crippen LogP contribution in [0.2, 0.25) is 0 Å². The number of para-hydroxylation sites is 1. The molecule has 0 saturated heterocycles. The van der Waals surface area contributed by atoms with Gasteiger partial charge in [-0.15, -0.1) is 0 Å². The number of fused-ring (bicyclic) bond motifs is 1. The first-order valence-corrected chi connectivity index (χ1v) is 8.53. The number of H-pyrrole nitrogens is 1. The molecule has 0 amide bonds. The van der Waals surface area contributed by atoms with Crippen molar-refractivity contribution >= 4 is 22.8 Å². The highest BCUT2D eigenvalue weighted by Gasteiger charge is 2.28. The summed E-state index contributed by atoms with van der Waals surface area (Å²) in [6.07, 6.45) is -1.43. The Morgan fingerprint density at radius 2 is 2.00 bits per heavy atom. The van der Waals surface area contributed by atoms with E-state index in [-0.39, 0.29) is 5.75 Å². The van der Waals surface area contributed by atoms with Crippen molar-refractivity contribution in [3.63, 3.8) is 0 Å². The number of rotatable bonds is 5. The van der Waals surface area contributed by atoms with Crippen LogP contribution in [-0.2, 0) is 5.75 Å². The van der Waals surface area contributed by atoms with Gasteiger partial charge < -0.3 is 9.72 Å². The number of thioether (sulfide) groups is 1. The third-order valence-electron chi connectivity index (χ3n) is 3.72. The normalized spacial score (nSPS) is 11.9. The summed E-state index contributed by atoms with van der Waals surface area (Å²) >= 11 is 1.47. The monoisotopic (exact) mass is 367 g/mol. The molecule has 132 valence electrons. The summed E-state index contributed by atoms with van der Waals surface area (Å²) in [6.45, 7) is 2.40. The number of aromatic nitrogens is 3. The van der Waals surface area contributed by atoms with Gasteiger partial charge in [0.05, 0.1) is 17.2 Å². The van der Waals surface area contributed by atoms with Crippen molar-refractivity contribution < 1.29 is 17.9 Å². The van der Waals surface area contributed by atoms with E-state index in [1.807, 2.05) is 25.1 Å². The molecule has 1 N–H and O–H groups in total. The smallest absolute Gasteiger partial charge is 0.422 e. The van der Waals surface area contributed by atoms with E-state index >= 15 is 0 Å². The first kappa shape index (κ1) is 17.6. The molecule has 0 aliphatic rings. The number of hydrogen-bond acceptors (Lipinski definition) is 4. The summed E-state index contributed by atoms with van der Waals surface area (Å²) in [5.41, 5.74) is 4.42. The number of aromatic amines is 1. The van der Waals surface area contributed by atoms with Gasteiger partial charge >= 0.3 is 6.18 Å². The topological polar surface area (TPSA) is 50.8 Å². The SMILES string of the molecule is Cc1c(CSc2nc3c(C)cccc3[nH]2)cncc1OCC(F)(F)F. The molecule has 0 saturated carbocycles. The van der Waals surface area contributed by atoms with Crippen LogP contribution >= 0.6 is 11.8 Å². The van der Waals surface area contributed by atoms with Gasteiger partial charge in [-0.25, -0.2) is 4.98 Å². The maximum Gasteiger partial charge on any atom is 0.422 e. The standard InChI is InChI=1S/C17H16F3N3OS/c1-10-4-3-5-13-15(10)23-16(22-13)25-8-12-6-21-7-14(11(12)2)24-9-17(18,19)20/h3-7H,8-9H2,1-2H3,(H,22,23). The zero-order chi connectivity index (χ0) is 18.0. The third-order valence-corrected chi connectivity index (χ3v) is 4.64. The first-order chi connectivity index (χ1) is 11.8. The average molecular weight is 367 g/mol. The highest BCUT2D eigenvalue weighted by Crippen LogP contribution is 2.29. The summed E-state index contributed by atoms with van der Waals surface area (Å²) in [7, 11) is 0. The molecule has 8 heteroatoms. The summed E-state index contributed by atoms with van der Waals surface area (Å²) in [4.78, 5) is 11.8. The van der Waals surface area contributed by atoms with Gasteiger partial charge in [0, 0.05) is 11.9 Å². The second kappa shape index (κ2) is 6.95. The Morgan fingerprint density at radius 3 is 2.72 bits per heavy atom. The number of hydrogen-bond donors (Lipinski definition) is 1. The molecule has 0 radical (unpaired) electrons. The molecule has 2 aromatic heterocycles. The minimum Gasteiger partial charge on any atom is -0.482 e. The number of halogens is 3. The molecule has 0 bridgehead atoms. The maximum atomic E-state index is 12.3. The lowest BCUT2D eigenvalue weighted by Crippen LogP contribution is -2.19. The number of imidazole rings is 1. The molecule has 4 nitrogen and oxygen atoms in total. The predicted octanol–water partition coefficient (Wildman–Crippen LogP) is 4.81. The zero-order valence-corrected chi connectivity index (χ0v) is 14.5. The maximum absolute atomic E-state index is 12.3. The third kappa shape index (κ3) is 4.25. The molecule has 2 heterocycles. The van der Waals surface area contributed by atoms with E-state index in [2.05, 4.69) is 15.0 Å². The molecule has 0 fully saturated rings. The van der Waals surface area contributed by atoms with Crippen molar-refractivity contribution in [3.05, 3.63) is 47.3 Å². The van der Waals surface area contributed by atoms with Crippen molar-refractivity contribution in [1.82, 2.24) is 15.0 Å². The summed E-state index contributed by atoms with van der Waals surface area (Å²) < 4.78 is 41.8. The van der Waals surface area contributed by atoms with Gasteiger partial charge in [-0.3, -0.25) is 4.98 Å². The number of ether oxygens (including phenoxy) is 1. The van der Waals surface area contributed by atoms with E-state index in [4.69, 9.17) is 4.74 Å². The Balaban J connectivity index is 1.73. The minimum atomic E-state index is -4.37. The number of nitrogens with one attached hydrogen (secondary N) is 1. The first-order valence-electron chi connectivity index (χ1n) is 7.54. The lowest BCUT2D eigenvalue weighted by molar-refractivity contribution is -0.153. The van der Waals surface area contributed by atoms with Crippen LogP contribution in [-0.4, -0.2) is 27.7 Å². The van der Waals surface area contributed by atoms with Crippen molar-refractivity contribution in [1.29, 1.82) is 0 Å². The van der Waals surface area contributed by atoms with Gasteiger partial charge in [-0.05, 0) is 36.6 Å². The van der Waals surface area contributed by atoms with Crippen molar-refractivity contribution in [3.8, 4) is 5.75 Å². The van der Waals surface area contributed by atoms with Gasteiger partial charge in [0.25, 0.3) is 0 Å². The van der Waals surface area contributed by atoms with E-state index in [9.17, 15) is 13.2 Å². The molecule has 0 aliphatic heterocycles. The molecule has 0 atom stereocenters. The fraction of sp³-hybridized carbons (Fsp3) is 0.294. The quantitative estimate of drug-likeness (QED) is 0.658. The highest BCUT2D eigenvalue weighted by molar-refractivity contribution is 7.98. The molecule has 0 aliphatic carbocycles. The Labute approximate surface area is 146 Å². The minimum absolute atomic E-state index is 0.149. The van der Waals surface area contributed by atoms with Crippen LogP contribution in [0.1, 0.15) is 16.7 Å². The summed E-state index contributed by atoms with van der Waals surface area (Å²) in [5, 5.41) is 0.755. The molecular weight excluding hydrogens is 351 g/mol. The summed E-state index contributed by atoms with van der Waals surface area (Å²) in [6, 6.07) is 5.91. The van der Waals surface area contributed by atoms with Gasteiger partial charge in [0.1, 0.15) is 5.75 Å². The second-order valence-electron chi connectivity index (χ2n) is 5.63. The second-order valence-corrected chi connectivity index (χ2v) is 6.59. The van der Waals surface area contributed by atoms with E-state index in [1.54, 1.807) is 13.1 Å². The lowest BCUT2D eigenvalue weighted by atomic mass is 10.2. The Morgan fingerprint density at radius 1 is 1.20 bits per heavy atom. The number of pyridine rings is 1. The lowest BCUT2D eigenvalue weighted by Gasteiger charge is -2.13. The van der Waals surface area contributed by atoms with E-state index in [0.29, 0.717) is 11.3 Å². The molecule has 1 aromatic carbocycles. The van der Waals surface area contributed by atoms with Crippen LogP contribution in [0.5, 0.6) is 5.75 Å². The Bertz CT molecular complexity index is 892. The van der Waals surface area contributed by atoms with Crippen molar-refractivity contribution in [2.45, 2.75) is 30.9 Å². The Kier molecular flexibility index (Phi) is 4.89. The number of benzene rings is 1. The molecule has 3 rings (SSSR count). The molecular formula is C17H16F3N3OS. The average Bonchev–Trinajstić information content (AvgIpc) is 2.96. The number of alkyl halides is 3.